The maximum Gasteiger partial charge on any atom is 0.241 e. The Morgan fingerprint density at radius 2 is 0.759 bits per heavy atom. The van der Waals surface area contributed by atoms with Crippen molar-refractivity contribution in [1.29, 1.82) is 0 Å². The van der Waals surface area contributed by atoms with Gasteiger partial charge >= 0.3 is 0 Å². The molecule has 0 aliphatic carbocycles. The van der Waals surface area contributed by atoms with Gasteiger partial charge in [0, 0.05) is 79.1 Å². The summed E-state index contributed by atoms with van der Waals surface area (Å²) in [5.41, 5.74) is 15.8. The molecule has 0 fully saturated rings. The second-order valence-electron chi connectivity index (χ2n) is 21.9. The summed E-state index contributed by atoms with van der Waals surface area (Å²) in [5, 5.41) is 9.45. The highest BCUT2D eigenvalue weighted by Gasteiger charge is 2.31. The number of nitrogens with zero attached hydrogens (tertiary/aromatic N) is 8. The van der Waals surface area contributed by atoms with Crippen molar-refractivity contribution >= 4 is 105 Å². The summed E-state index contributed by atoms with van der Waals surface area (Å²) in [6, 6.07) is 87.4. The molecule has 0 bridgehead atoms. The molecule has 8 heteroatoms. The van der Waals surface area contributed by atoms with Crippen LogP contribution < -0.4 is 4.90 Å². The SMILES string of the molecule is CC/C1=C\C=C(\n2c3ccccc3c3ccc(-c4ccccc4)cc32)C(C)C(/C=C/n2c3ccccc3c3ccc(-c4ccccc4)cc32)CN1c1nc(-n2c3ccccc3c3ccccc32)nc(-n2c3ccccc3c3ccccc32)n1. The van der Waals surface area contributed by atoms with E-state index in [9.17, 15) is 0 Å². The van der Waals surface area contributed by atoms with E-state index in [0.717, 1.165) is 66.8 Å². The van der Waals surface area contributed by atoms with E-state index in [4.69, 9.17) is 15.0 Å². The monoisotopic (exact) mass is 1070 g/mol. The minimum atomic E-state index is -0.0938. The zero-order valence-electron chi connectivity index (χ0n) is 46.1. The molecular formula is C75H56N8. The molecule has 0 amide bonds. The van der Waals surface area contributed by atoms with Crippen molar-refractivity contribution in [2.24, 2.45) is 11.8 Å². The van der Waals surface area contributed by atoms with Crippen molar-refractivity contribution in [3.8, 4) is 34.2 Å². The van der Waals surface area contributed by atoms with E-state index in [0.29, 0.717) is 24.4 Å². The third kappa shape index (κ3) is 7.85. The highest BCUT2D eigenvalue weighted by Crippen LogP contribution is 2.42. The molecule has 5 aromatic heterocycles. The Morgan fingerprint density at radius 3 is 1.24 bits per heavy atom. The maximum absolute atomic E-state index is 5.68. The van der Waals surface area contributed by atoms with Crippen LogP contribution in [0.3, 0.4) is 0 Å². The zero-order chi connectivity index (χ0) is 55.1. The van der Waals surface area contributed by atoms with Gasteiger partial charge in [-0.1, -0.05) is 214 Å². The lowest BCUT2D eigenvalue weighted by atomic mass is 9.88. The average molecular weight is 1070 g/mol. The first-order valence-corrected chi connectivity index (χ1v) is 28.8. The number of hydrogen-bond acceptors (Lipinski definition) is 4. The smallest absolute Gasteiger partial charge is 0.241 e. The molecule has 2 unspecified atom stereocenters. The Kier molecular flexibility index (Phi) is 11.4. The number of fused-ring (bicyclic) bond motifs is 12. The topological polar surface area (TPSA) is 61.6 Å². The van der Waals surface area contributed by atoms with Crippen LogP contribution in [-0.4, -0.2) is 39.8 Å². The highest BCUT2D eigenvalue weighted by atomic mass is 15.4. The minimum absolute atomic E-state index is 0.0359. The molecule has 0 N–H and O–H groups in total. The number of rotatable bonds is 9. The molecule has 0 saturated carbocycles. The number of hydrogen-bond donors (Lipinski definition) is 0. The van der Waals surface area contributed by atoms with Crippen LogP contribution in [-0.2, 0) is 0 Å². The number of aromatic nitrogens is 7. The van der Waals surface area contributed by atoms with Gasteiger partial charge in [-0.3, -0.25) is 9.13 Å². The first-order valence-electron chi connectivity index (χ1n) is 28.8. The van der Waals surface area contributed by atoms with Gasteiger partial charge in [0.15, 0.2) is 0 Å². The van der Waals surface area contributed by atoms with Crippen molar-refractivity contribution in [2.75, 3.05) is 11.4 Å². The van der Waals surface area contributed by atoms with Crippen LogP contribution in [0.1, 0.15) is 20.3 Å². The lowest BCUT2D eigenvalue weighted by molar-refractivity contribution is 0.506. The predicted octanol–water partition coefficient (Wildman–Crippen LogP) is 18.7. The Hall–Kier alpha value is -10.6. The Morgan fingerprint density at radius 1 is 0.373 bits per heavy atom. The largest absolute Gasteiger partial charge is 0.316 e. The van der Waals surface area contributed by atoms with E-state index >= 15 is 0 Å². The third-order valence-corrected chi connectivity index (χ3v) is 17.4. The summed E-state index contributed by atoms with van der Waals surface area (Å²) >= 11 is 0. The van der Waals surface area contributed by atoms with Gasteiger partial charge in [0.25, 0.3) is 0 Å². The average Bonchev–Trinajstić information content (AvgIpc) is 3.59. The summed E-state index contributed by atoms with van der Waals surface area (Å²) in [6.07, 6.45) is 10.2. The molecule has 396 valence electrons. The van der Waals surface area contributed by atoms with Crippen LogP contribution in [0, 0.1) is 11.8 Å². The summed E-state index contributed by atoms with van der Waals surface area (Å²) in [5.74, 6) is 1.56. The van der Waals surface area contributed by atoms with Crippen molar-refractivity contribution in [3.05, 3.63) is 267 Å². The third-order valence-electron chi connectivity index (χ3n) is 17.4. The van der Waals surface area contributed by atoms with E-state index in [2.05, 4.69) is 304 Å². The molecule has 15 aromatic rings. The second kappa shape index (κ2) is 19.6. The summed E-state index contributed by atoms with van der Waals surface area (Å²) in [4.78, 5) is 19.3. The molecular weight excluding hydrogens is 1010 g/mol. The lowest BCUT2D eigenvalue weighted by Crippen LogP contribution is -2.35. The molecule has 0 spiro atoms. The van der Waals surface area contributed by atoms with Gasteiger partial charge < -0.3 is 14.0 Å². The van der Waals surface area contributed by atoms with E-state index in [1.54, 1.807) is 0 Å². The Balaban J connectivity index is 0.952. The predicted molar refractivity (Wildman–Crippen MR) is 346 cm³/mol. The number of allylic oxidation sites excluding steroid dienone is 4. The van der Waals surface area contributed by atoms with Crippen molar-refractivity contribution in [1.82, 2.24) is 33.2 Å². The van der Waals surface area contributed by atoms with Gasteiger partial charge in [-0.05, 0) is 89.4 Å². The van der Waals surface area contributed by atoms with Gasteiger partial charge in [-0.25, -0.2) is 0 Å². The fourth-order valence-electron chi connectivity index (χ4n) is 13.3. The summed E-state index contributed by atoms with van der Waals surface area (Å²) in [7, 11) is 0. The molecule has 8 nitrogen and oxygen atoms in total. The van der Waals surface area contributed by atoms with Gasteiger partial charge in [-0.2, -0.15) is 15.0 Å². The summed E-state index contributed by atoms with van der Waals surface area (Å²) < 4.78 is 9.40. The molecule has 10 aromatic carbocycles. The molecule has 1 aliphatic heterocycles. The van der Waals surface area contributed by atoms with Crippen LogP contribution in [0.25, 0.3) is 133 Å². The van der Waals surface area contributed by atoms with Gasteiger partial charge in [0.1, 0.15) is 0 Å². The number of para-hydroxylation sites is 6. The van der Waals surface area contributed by atoms with E-state index in [1.807, 2.05) is 0 Å². The standard InChI is InChI=1S/C75H56N8/c1-3-55-40-43-64(81-66-33-17-11-31-61(66)63-42-39-53(47-72(63)81)51-24-8-5-9-25-51)49(2)54(44-45-79-65-32-16-10-26-56(65)62-41-38-52(46-71(62)79)50-22-6-4-7-23-50)48-80(55)73-76-74(82-67-34-18-12-27-57(67)58-28-13-19-35-68(58)82)78-75(77-73)83-69-36-20-14-29-59(69)60-30-15-21-37-70(60)83/h4-47,49,54H,3,48H2,1-2H3/b45-44+,55-40+,64-43+. The molecule has 0 radical (unpaired) electrons. The van der Waals surface area contributed by atoms with Crippen molar-refractivity contribution in [3.63, 3.8) is 0 Å². The van der Waals surface area contributed by atoms with Crippen LogP contribution in [0.15, 0.2) is 267 Å². The van der Waals surface area contributed by atoms with Crippen LogP contribution in [0.4, 0.5) is 5.95 Å². The maximum atomic E-state index is 5.68. The van der Waals surface area contributed by atoms with Crippen molar-refractivity contribution < 1.29 is 0 Å². The second-order valence-corrected chi connectivity index (χ2v) is 21.9. The molecule has 2 atom stereocenters. The minimum Gasteiger partial charge on any atom is -0.316 e. The van der Waals surface area contributed by atoms with Crippen molar-refractivity contribution in [2.45, 2.75) is 20.3 Å². The van der Waals surface area contributed by atoms with Crippen LogP contribution >= 0.6 is 0 Å². The quantitative estimate of drug-likeness (QED) is 0.144. The van der Waals surface area contributed by atoms with Crippen LogP contribution in [0.2, 0.25) is 0 Å². The molecule has 0 saturated heterocycles. The fraction of sp³-hybridized carbons (Fsp3) is 0.0800. The Bertz CT molecular complexity index is 4910. The molecule has 16 rings (SSSR count). The molecule has 83 heavy (non-hydrogen) atoms. The Labute approximate surface area is 480 Å². The van der Waals surface area contributed by atoms with Gasteiger partial charge in [0.2, 0.25) is 17.8 Å². The van der Waals surface area contributed by atoms with Gasteiger partial charge in [-0.15, -0.1) is 0 Å². The number of benzene rings is 10. The highest BCUT2D eigenvalue weighted by molar-refractivity contribution is 6.13. The zero-order valence-corrected chi connectivity index (χ0v) is 46.1. The van der Waals surface area contributed by atoms with E-state index in [1.165, 1.54) is 60.5 Å². The first-order chi connectivity index (χ1) is 41.1. The normalized spacial score (nSPS) is 16.4. The van der Waals surface area contributed by atoms with Crippen LogP contribution in [0.5, 0.6) is 0 Å². The molecule has 6 heterocycles. The van der Waals surface area contributed by atoms with Gasteiger partial charge in [0.05, 0.1) is 44.1 Å². The molecule has 1 aliphatic rings. The first kappa shape index (κ1) is 48.3. The fourth-order valence-corrected chi connectivity index (χ4v) is 13.3. The van der Waals surface area contributed by atoms with E-state index < -0.39 is 0 Å². The van der Waals surface area contributed by atoms with E-state index in [-0.39, 0.29) is 11.8 Å². The summed E-state index contributed by atoms with van der Waals surface area (Å²) in [6.45, 7) is 5.22. The lowest BCUT2D eigenvalue weighted by Gasteiger charge is -2.34. The number of anilines is 1.